The number of benzene rings is 1. The van der Waals surface area contributed by atoms with Gasteiger partial charge in [0.05, 0.1) is 0 Å². The van der Waals surface area contributed by atoms with E-state index in [1.165, 1.54) is 0 Å². The average molecular weight is 249 g/mol. The van der Waals surface area contributed by atoms with Gasteiger partial charge >= 0.3 is 5.97 Å². The van der Waals surface area contributed by atoms with Crippen LogP contribution in [0.2, 0.25) is 0 Å². The molecule has 0 radical (unpaired) electrons. The lowest BCUT2D eigenvalue weighted by Crippen LogP contribution is -2.36. The maximum Gasteiger partial charge on any atom is 0.322 e. The van der Waals surface area contributed by atoms with Crippen molar-refractivity contribution in [1.82, 2.24) is 0 Å². The number of anilines is 2. The molecule has 0 saturated heterocycles. The summed E-state index contributed by atoms with van der Waals surface area (Å²) in [5.74, 6) is -1.01. The number of amides is 1. The van der Waals surface area contributed by atoms with Gasteiger partial charge in [0.25, 0.3) is 0 Å². The standard InChI is InChI=1S/C12H15N3O3/c13-9(12(17)18)6-14-8-2-3-10-7(5-8)1-4-11(16)15-10/h2-3,5,9,14H,1,4,6,13H2,(H,15,16)(H,17,18). The molecule has 1 aliphatic heterocycles. The number of hydrogen-bond donors (Lipinski definition) is 4. The van der Waals surface area contributed by atoms with Crippen LogP contribution in [-0.2, 0) is 16.0 Å². The highest BCUT2D eigenvalue weighted by molar-refractivity contribution is 5.94. The lowest BCUT2D eigenvalue weighted by atomic mass is 10.0. The predicted octanol–water partition coefficient (Wildman–Crippen LogP) is 0.395. The highest BCUT2D eigenvalue weighted by Crippen LogP contribution is 2.25. The number of nitrogens with two attached hydrogens (primary N) is 1. The summed E-state index contributed by atoms with van der Waals surface area (Å²) in [7, 11) is 0. The van der Waals surface area contributed by atoms with E-state index in [2.05, 4.69) is 10.6 Å². The minimum atomic E-state index is -1.03. The van der Waals surface area contributed by atoms with Gasteiger partial charge in [0.2, 0.25) is 5.91 Å². The molecule has 1 atom stereocenters. The summed E-state index contributed by atoms with van der Waals surface area (Å²) in [6, 6.07) is 4.57. The molecular weight excluding hydrogens is 234 g/mol. The van der Waals surface area contributed by atoms with Gasteiger partial charge in [-0.15, -0.1) is 0 Å². The van der Waals surface area contributed by atoms with Crippen LogP contribution < -0.4 is 16.4 Å². The van der Waals surface area contributed by atoms with E-state index >= 15 is 0 Å². The lowest BCUT2D eigenvalue weighted by molar-refractivity contribution is -0.138. The first-order chi connectivity index (χ1) is 8.56. The van der Waals surface area contributed by atoms with E-state index in [1.54, 1.807) is 12.1 Å². The number of carboxylic acid groups (broad SMARTS) is 1. The molecule has 6 nitrogen and oxygen atoms in total. The molecule has 0 aliphatic carbocycles. The van der Waals surface area contributed by atoms with Crippen molar-refractivity contribution in [2.75, 3.05) is 17.2 Å². The van der Waals surface area contributed by atoms with Crippen LogP contribution in [-0.4, -0.2) is 29.6 Å². The van der Waals surface area contributed by atoms with E-state index in [-0.39, 0.29) is 12.5 Å². The Morgan fingerprint density at radius 1 is 1.50 bits per heavy atom. The largest absolute Gasteiger partial charge is 0.480 e. The highest BCUT2D eigenvalue weighted by Gasteiger charge is 2.15. The summed E-state index contributed by atoms with van der Waals surface area (Å²) in [4.78, 5) is 21.8. The first kappa shape index (κ1) is 12.4. The second-order valence-corrected chi connectivity index (χ2v) is 4.25. The molecular formula is C12H15N3O3. The van der Waals surface area contributed by atoms with E-state index in [0.717, 1.165) is 16.9 Å². The van der Waals surface area contributed by atoms with E-state index in [1.807, 2.05) is 6.07 Å². The summed E-state index contributed by atoms with van der Waals surface area (Å²) in [5.41, 5.74) is 8.07. The number of aryl methyl sites for hydroxylation is 1. The number of rotatable bonds is 4. The van der Waals surface area contributed by atoms with E-state index in [9.17, 15) is 9.59 Å². The van der Waals surface area contributed by atoms with Gasteiger partial charge in [-0.2, -0.15) is 0 Å². The minimum Gasteiger partial charge on any atom is -0.480 e. The van der Waals surface area contributed by atoms with Crippen LogP contribution in [0.5, 0.6) is 0 Å². The molecule has 18 heavy (non-hydrogen) atoms. The second-order valence-electron chi connectivity index (χ2n) is 4.25. The first-order valence-corrected chi connectivity index (χ1v) is 5.71. The van der Waals surface area contributed by atoms with Crippen LogP contribution in [0.25, 0.3) is 0 Å². The molecule has 0 saturated carbocycles. The number of aliphatic carboxylic acids is 1. The molecule has 1 amide bonds. The van der Waals surface area contributed by atoms with Crippen molar-refractivity contribution >= 4 is 23.3 Å². The van der Waals surface area contributed by atoms with Crippen molar-refractivity contribution in [2.45, 2.75) is 18.9 Å². The van der Waals surface area contributed by atoms with Crippen molar-refractivity contribution in [3.05, 3.63) is 23.8 Å². The van der Waals surface area contributed by atoms with E-state index in [0.29, 0.717) is 12.8 Å². The Hall–Kier alpha value is -2.08. The summed E-state index contributed by atoms with van der Waals surface area (Å²) in [6.07, 6.45) is 1.17. The fourth-order valence-corrected chi connectivity index (χ4v) is 1.81. The topological polar surface area (TPSA) is 104 Å². The SMILES string of the molecule is NC(CNc1ccc2c(c1)CCC(=O)N2)C(=O)O. The Balaban J connectivity index is 2.03. The van der Waals surface area contributed by atoms with Gasteiger partial charge in [0.15, 0.2) is 0 Å². The van der Waals surface area contributed by atoms with E-state index < -0.39 is 12.0 Å². The number of hydrogen-bond acceptors (Lipinski definition) is 4. The molecule has 5 N–H and O–H groups in total. The minimum absolute atomic E-state index is 0.0242. The van der Waals surface area contributed by atoms with Crippen molar-refractivity contribution in [3.8, 4) is 0 Å². The number of fused-ring (bicyclic) bond motifs is 1. The van der Waals surface area contributed by atoms with Gasteiger partial charge in [-0.3, -0.25) is 9.59 Å². The molecule has 96 valence electrons. The van der Waals surface area contributed by atoms with Crippen LogP contribution in [0.4, 0.5) is 11.4 Å². The number of nitrogens with one attached hydrogen (secondary N) is 2. The Morgan fingerprint density at radius 2 is 2.28 bits per heavy atom. The van der Waals surface area contributed by atoms with Crippen molar-refractivity contribution < 1.29 is 14.7 Å². The third-order valence-corrected chi connectivity index (χ3v) is 2.84. The Labute approximate surface area is 104 Å². The Bertz CT molecular complexity index is 487. The van der Waals surface area contributed by atoms with Crippen molar-refractivity contribution in [1.29, 1.82) is 0 Å². The Morgan fingerprint density at radius 3 is 3.00 bits per heavy atom. The molecule has 0 bridgehead atoms. The van der Waals surface area contributed by atoms with Gasteiger partial charge in [-0.1, -0.05) is 0 Å². The van der Waals surface area contributed by atoms with Gasteiger partial charge < -0.3 is 21.5 Å². The lowest BCUT2D eigenvalue weighted by Gasteiger charge is -2.18. The predicted molar refractivity (Wildman–Crippen MR) is 67.5 cm³/mol. The zero-order valence-corrected chi connectivity index (χ0v) is 9.77. The van der Waals surface area contributed by atoms with Crippen LogP contribution >= 0.6 is 0 Å². The molecule has 0 fully saturated rings. The molecule has 1 unspecified atom stereocenters. The number of carbonyl (C=O) groups is 2. The third kappa shape index (κ3) is 2.78. The summed E-state index contributed by atoms with van der Waals surface area (Å²) in [6.45, 7) is 0.167. The average Bonchev–Trinajstić information content (AvgIpc) is 2.35. The maximum absolute atomic E-state index is 11.2. The smallest absolute Gasteiger partial charge is 0.322 e. The van der Waals surface area contributed by atoms with Gasteiger partial charge in [0, 0.05) is 24.3 Å². The van der Waals surface area contributed by atoms with Gasteiger partial charge in [-0.25, -0.2) is 0 Å². The zero-order chi connectivity index (χ0) is 13.1. The molecule has 0 aromatic heterocycles. The molecule has 6 heteroatoms. The fourth-order valence-electron chi connectivity index (χ4n) is 1.81. The van der Waals surface area contributed by atoms with Crippen LogP contribution in [0.1, 0.15) is 12.0 Å². The maximum atomic E-state index is 11.2. The quantitative estimate of drug-likeness (QED) is 0.618. The molecule has 1 aliphatic rings. The normalized spacial score (nSPS) is 15.5. The van der Waals surface area contributed by atoms with Gasteiger partial charge in [-0.05, 0) is 30.2 Å². The zero-order valence-electron chi connectivity index (χ0n) is 9.77. The van der Waals surface area contributed by atoms with E-state index in [4.69, 9.17) is 10.8 Å². The Kier molecular flexibility index (Phi) is 3.47. The molecule has 1 heterocycles. The fraction of sp³-hybridized carbons (Fsp3) is 0.333. The monoisotopic (exact) mass is 249 g/mol. The number of carbonyl (C=O) groups excluding carboxylic acids is 1. The molecule has 0 spiro atoms. The summed E-state index contributed by atoms with van der Waals surface area (Å²) < 4.78 is 0. The first-order valence-electron chi connectivity index (χ1n) is 5.71. The third-order valence-electron chi connectivity index (χ3n) is 2.84. The van der Waals surface area contributed by atoms with Crippen molar-refractivity contribution in [3.63, 3.8) is 0 Å². The highest BCUT2D eigenvalue weighted by atomic mass is 16.4. The van der Waals surface area contributed by atoms with Crippen LogP contribution in [0, 0.1) is 0 Å². The van der Waals surface area contributed by atoms with Gasteiger partial charge in [0.1, 0.15) is 6.04 Å². The summed E-state index contributed by atoms with van der Waals surface area (Å²) in [5, 5.41) is 14.4. The molecule has 2 rings (SSSR count). The number of carboxylic acids is 1. The second kappa shape index (κ2) is 5.05. The van der Waals surface area contributed by atoms with Crippen molar-refractivity contribution in [2.24, 2.45) is 5.73 Å². The molecule has 1 aromatic carbocycles. The summed E-state index contributed by atoms with van der Waals surface area (Å²) >= 11 is 0. The van der Waals surface area contributed by atoms with Crippen LogP contribution in [0.15, 0.2) is 18.2 Å². The molecule has 1 aromatic rings. The van der Waals surface area contributed by atoms with Crippen LogP contribution in [0.3, 0.4) is 0 Å².